The summed E-state index contributed by atoms with van der Waals surface area (Å²) in [5, 5.41) is 3.43. The molecule has 0 aromatic heterocycles. The van der Waals surface area contributed by atoms with E-state index in [1.807, 2.05) is 6.08 Å². The minimum Gasteiger partial charge on any atom is -0.317 e. The van der Waals surface area contributed by atoms with Crippen molar-refractivity contribution in [2.45, 2.75) is 65.3 Å². The molecule has 1 nitrogen and oxygen atoms in total. The maximum atomic E-state index is 3.75. The predicted molar refractivity (Wildman–Crippen MR) is 70.2 cm³/mol. The summed E-state index contributed by atoms with van der Waals surface area (Å²) in [5.74, 6) is 0. The van der Waals surface area contributed by atoms with E-state index in [1.165, 1.54) is 38.5 Å². The Labute approximate surface area is 96.3 Å². The smallest absolute Gasteiger partial charge is 0.00690 e. The molecule has 0 aliphatic rings. The topological polar surface area (TPSA) is 12.0 Å². The Hall–Kier alpha value is -0.300. The molecule has 0 saturated heterocycles. The lowest BCUT2D eigenvalue weighted by molar-refractivity contribution is 0.303. The molecule has 0 bridgehead atoms. The molecule has 15 heavy (non-hydrogen) atoms. The Morgan fingerprint density at radius 2 is 1.87 bits per heavy atom. The Bertz CT molecular complexity index is 155. The highest BCUT2D eigenvalue weighted by atomic mass is 14.9. The van der Waals surface area contributed by atoms with E-state index in [-0.39, 0.29) is 0 Å². The zero-order valence-electron chi connectivity index (χ0n) is 11.1. The monoisotopic (exact) mass is 211 g/mol. The SMILES string of the molecule is C=CCCCCCC(CC(C)(C)C)NC. The van der Waals surface area contributed by atoms with Crippen molar-refractivity contribution in [3.63, 3.8) is 0 Å². The van der Waals surface area contributed by atoms with Crippen LogP contribution in [0.3, 0.4) is 0 Å². The Balaban J connectivity index is 3.57. The zero-order chi connectivity index (χ0) is 11.7. The molecule has 1 heteroatoms. The van der Waals surface area contributed by atoms with Crippen LogP contribution in [0.2, 0.25) is 0 Å². The third-order valence-electron chi connectivity index (χ3n) is 2.73. The van der Waals surface area contributed by atoms with E-state index in [0.717, 1.165) is 0 Å². The van der Waals surface area contributed by atoms with Crippen LogP contribution in [-0.4, -0.2) is 13.1 Å². The van der Waals surface area contributed by atoms with Gasteiger partial charge < -0.3 is 5.32 Å². The summed E-state index contributed by atoms with van der Waals surface area (Å²) in [7, 11) is 2.08. The van der Waals surface area contributed by atoms with Crippen molar-refractivity contribution in [2.24, 2.45) is 5.41 Å². The highest BCUT2D eigenvalue weighted by Gasteiger charge is 2.16. The first kappa shape index (κ1) is 14.7. The fourth-order valence-electron chi connectivity index (χ4n) is 1.94. The maximum absolute atomic E-state index is 3.75. The number of hydrogen-bond donors (Lipinski definition) is 1. The average Bonchev–Trinajstić information content (AvgIpc) is 2.14. The Morgan fingerprint density at radius 1 is 1.20 bits per heavy atom. The highest BCUT2D eigenvalue weighted by molar-refractivity contribution is 4.73. The molecule has 0 fully saturated rings. The van der Waals surface area contributed by atoms with Gasteiger partial charge >= 0.3 is 0 Å². The van der Waals surface area contributed by atoms with Crippen LogP contribution in [0.5, 0.6) is 0 Å². The lowest BCUT2D eigenvalue weighted by Crippen LogP contribution is -2.29. The van der Waals surface area contributed by atoms with Crippen LogP contribution < -0.4 is 5.32 Å². The fourth-order valence-corrected chi connectivity index (χ4v) is 1.94. The normalized spacial score (nSPS) is 13.9. The van der Waals surface area contributed by atoms with Gasteiger partial charge in [0, 0.05) is 6.04 Å². The van der Waals surface area contributed by atoms with Crippen LogP contribution >= 0.6 is 0 Å². The molecule has 0 rings (SSSR count). The van der Waals surface area contributed by atoms with Crippen LogP contribution in [0.25, 0.3) is 0 Å². The molecule has 0 heterocycles. The highest BCUT2D eigenvalue weighted by Crippen LogP contribution is 2.23. The third-order valence-corrected chi connectivity index (χ3v) is 2.73. The fraction of sp³-hybridized carbons (Fsp3) is 0.857. The van der Waals surface area contributed by atoms with Crippen LogP contribution in [0, 0.1) is 5.41 Å². The molecule has 0 aromatic rings. The molecular formula is C14H29N. The largest absolute Gasteiger partial charge is 0.317 e. The van der Waals surface area contributed by atoms with Gasteiger partial charge in [0.25, 0.3) is 0 Å². The van der Waals surface area contributed by atoms with Gasteiger partial charge in [-0.3, -0.25) is 0 Å². The molecule has 0 aliphatic carbocycles. The Kier molecular flexibility index (Phi) is 7.76. The van der Waals surface area contributed by atoms with E-state index in [1.54, 1.807) is 0 Å². The summed E-state index contributed by atoms with van der Waals surface area (Å²) < 4.78 is 0. The standard InChI is InChI=1S/C14H29N/c1-6-7-8-9-10-11-13(15-5)12-14(2,3)4/h6,13,15H,1,7-12H2,2-5H3. The van der Waals surface area contributed by atoms with Gasteiger partial charge in [0.1, 0.15) is 0 Å². The lowest BCUT2D eigenvalue weighted by atomic mass is 9.86. The van der Waals surface area contributed by atoms with Crippen molar-refractivity contribution >= 4 is 0 Å². The minimum atomic E-state index is 0.439. The van der Waals surface area contributed by atoms with E-state index < -0.39 is 0 Å². The number of allylic oxidation sites excluding steroid dienone is 1. The van der Waals surface area contributed by atoms with Crippen molar-refractivity contribution in [1.82, 2.24) is 5.32 Å². The maximum Gasteiger partial charge on any atom is 0.00690 e. The number of hydrogen-bond acceptors (Lipinski definition) is 1. The number of unbranched alkanes of at least 4 members (excludes halogenated alkanes) is 3. The second-order valence-electron chi connectivity index (χ2n) is 5.68. The summed E-state index contributed by atoms with van der Waals surface area (Å²) in [6.45, 7) is 10.7. The first-order valence-electron chi connectivity index (χ1n) is 6.28. The van der Waals surface area contributed by atoms with Gasteiger partial charge in [-0.1, -0.05) is 39.7 Å². The van der Waals surface area contributed by atoms with Gasteiger partial charge in [-0.15, -0.1) is 6.58 Å². The first-order chi connectivity index (χ1) is 6.99. The molecule has 1 unspecified atom stereocenters. The molecule has 0 spiro atoms. The molecule has 90 valence electrons. The summed E-state index contributed by atoms with van der Waals surface area (Å²) in [5.41, 5.74) is 0.439. The van der Waals surface area contributed by atoms with E-state index in [4.69, 9.17) is 0 Å². The van der Waals surface area contributed by atoms with E-state index in [9.17, 15) is 0 Å². The first-order valence-corrected chi connectivity index (χ1v) is 6.28. The molecule has 0 aliphatic heterocycles. The summed E-state index contributed by atoms with van der Waals surface area (Å²) >= 11 is 0. The molecule has 0 saturated carbocycles. The lowest BCUT2D eigenvalue weighted by Gasteiger charge is -2.25. The molecule has 1 N–H and O–H groups in total. The quantitative estimate of drug-likeness (QED) is 0.470. The van der Waals surface area contributed by atoms with Crippen molar-refractivity contribution in [3.8, 4) is 0 Å². The van der Waals surface area contributed by atoms with Crippen LogP contribution in [0.1, 0.15) is 59.3 Å². The minimum absolute atomic E-state index is 0.439. The van der Waals surface area contributed by atoms with Crippen LogP contribution in [0.15, 0.2) is 12.7 Å². The molecular weight excluding hydrogens is 182 g/mol. The second-order valence-corrected chi connectivity index (χ2v) is 5.68. The van der Waals surface area contributed by atoms with Crippen molar-refractivity contribution < 1.29 is 0 Å². The summed E-state index contributed by atoms with van der Waals surface area (Å²) in [6, 6.07) is 0.689. The Morgan fingerprint density at radius 3 is 2.33 bits per heavy atom. The van der Waals surface area contributed by atoms with Crippen LogP contribution in [0.4, 0.5) is 0 Å². The number of nitrogens with one attached hydrogen (secondary N) is 1. The van der Waals surface area contributed by atoms with E-state index in [2.05, 4.69) is 39.7 Å². The van der Waals surface area contributed by atoms with Crippen molar-refractivity contribution in [3.05, 3.63) is 12.7 Å². The second kappa shape index (κ2) is 7.92. The molecule has 0 radical (unpaired) electrons. The van der Waals surface area contributed by atoms with Gasteiger partial charge in [0.05, 0.1) is 0 Å². The third kappa shape index (κ3) is 9.99. The molecule has 1 atom stereocenters. The van der Waals surface area contributed by atoms with Gasteiger partial charge in [-0.2, -0.15) is 0 Å². The summed E-state index contributed by atoms with van der Waals surface area (Å²) in [6.07, 6.45) is 9.75. The van der Waals surface area contributed by atoms with Crippen molar-refractivity contribution in [1.29, 1.82) is 0 Å². The number of rotatable bonds is 8. The van der Waals surface area contributed by atoms with E-state index >= 15 is 0 Å². The summed E-state index contributed by atoms with van der Waals surface area (Å²) in [4.78, 5) is 0. The van der Waals surface area contributed by atoms with Crippen molar-refractivity contribution in [2.75, 3.05) is 7.05 Å². The van der Waals surface area contributed by atoms with Gasteiger partial charge in [-0.05, 0) is 38.1 Å². The van der Waals surface area contributed by atoms with Gasteiger partial charge in [0.15, 0.2) is 0 Å². The van der Waals surface area contributed by atoms with Gasteiger partial charge in [-0.25, -0.2) is 0 Å². The predicted octanol–water partition coefficient (Wildman–Crippen LogP) is 4.15. The average molecular weight is 211 g/mol. The zero-order valence-corrected chi connectivity index (χ0v) is 11.1. The molecule has 0 amide bonds. The molecule has 0 aromatic carbocycles. The van der Waals surface area contributed by atoms with Gasteiger partial charge in [0.2, 0.25) is 0 Å². The van der Waals surface area contributed by atoms with E-state index in [0.29, 0.717) is 11.5 Å². The van der Waals surface area contributed by atoms with Crippen LogP contribution in [-0.2, 0) is 0 Å².